The van der Waals surface area contributed by atoms with Crippen molar-refractivity contribution in [3.63, 3.8) is 0 Å². The fraction of sp³-hybridized carbons (Fsp3) is 0.167. The van der Waals surface area contributed by atoms with Gasteiger partial charge in [0, 0.05) is 5.56 Å². The zero-order valence-corrected chi connectivity index (χ0v) is 9.70. The van der Waals surface area contributed by atoms with Crippen molar-refractivity contribution >= 4 is 0 Å². The van der Waals surface area contributed by atoms with E-state index in [1.165, 1.54) is 19.5 Å². The van der Waals surface area contributed by atoms with E-state index in [0.29, 0.717) is 6.07 Å². The highest BCUT2D eigenvalue weighted by Gasteiger charge is 2.34. The number of hydrogen-bond donors (Lipinski definition) is 0. The summed E-state index contributed by atoms with van der Waals surface area (Å²) in [6.45, 7) is 0. The maximum atomic E-state index is 13.4. The van der Waals surface area contributed by atoms with Gasteiger partial charge < -0.3 is 4.74 Å². The molecule has 0 fully saturated rings. The van der Waals surface area contributed by atoms with Crippen LogP contribution in [0.4, 0.5) is 17.6 Å². The number of ether oxygens (including phenoxy) is 1. The smallest absolute Gasteiger partial charge is 0.419 e. The van der Waals surface area contributed by atoms with Crippen molar-refractivity contribution in [2.45, 2.75) is 6.18 Å². The van der Waals surface area contributed by atoms with E-state index in [1.807, 2.05) is 0 Å². The summed E-state index contributed by atoms with van der Waals surface area (Å²) >= 11 is 0. The molecule has 0 atom stereocenters. The van der Waals surface area contributed by atoms with Crippen molar-refractivity contribution in [1.29, 1.82) is 0 Å². The van der Waals surface area contributed by atoms with Crippen LogP contribution in [0.25, 0.3) is 11.3 Å². The Morgan fingerprint density at radius 1 is 1.16 bits per heavy atom. The summed E-state index contributed by atoms with van der Waals surface area (Å²) in [6, 6.07) is 2.58. The van der Waals surface area contributed by atoms with Gasteiger partial charge in [-0.05, 0) is 12.1 Å². The van der Waals surface area contributed by atoms with E-state index >= 15 is 0 Å². The summed E-state index contributed by atoms with van der Waals surface area (Å²) in [5.41, 5.74) is -0.893. The molecule has 0 aliphatic heterocycles. The molecule has 1 aromatic heterocycles. The summed E-state index contributed by atoms with van der Waals surface area (Å²) in [7, 11) is 1.38. The number of aromatic nitrogens is 2. The minimum Gasteiger partial charge on any atom is -0.480 e. The number of halogens is 4. The van der Waals surface area contributed by atoms with Gasteiger partial charge >= 0.3 is 6.18 Å². The van der Waals surface area contributed by atoms with Crippen LogP contribution < -0.4 is 4.74 Å². The van der Waals surface area contributed by atoms with Gasteiger partial charge in [0.05, 0.1) is 30.8 Å². The van der Waals surface area contributed by atoms with E-state index in [0.717, 1.165) is 12.1 Å². The Bertz CT molecular complexity index is 599. The predicted octanol–water partition coefficient (Wildman–Crippen LogP) is 3.31. The van der Waals surface area contributed by atoms with Crippen molar-refractivity contribution in [3.05, 3.63) is 42.0 Å². The number of rotatable bonds is 2. The van der Waals surface area contributed by atoms with Gasteiger partial charge in [-0.1, -0.05) is 6.07 Å². The van der Waals surface area contributed by atoms with Crippen LogP contribution in [0.3, 0.4) is 0 Å². The summed E-state index contributed by atoms with van der Waals surface area (Å²) in [6.07, 6.45) is -2.07. The first kappa shape index (κ1) is 13.3. The third-order valence-electron chi connectivity index (χ3n) is 2.39. The predicted molar refractivity (Wildman–Crippen MR) is 59.0 cm³/mol. The molecule has 2 rings (SSSR count). The van der Waals surface area contributed by atoms with E-state index in [9.17, 15) is 17.6 Å². The number of benzene rings is 1. The molecule has 3 nitrogen and oxygen atoms in total. The highest BCUT2D eigenvalue weighted by atomic mass is 19.4. The van der Waals surface area contributed by atoms with Crippen LogP contribution in [0.1, 0.15) is 5.56 Å². The minimum atomic E-state index is -4.72. The van der Waals surface area contributed by atoms with Crippen molar-refractivity contribution in [2.24, 2.45) is 0 Å². The van der Waals surface area contributed by atoms with Gasteiger partial charge in [-0.2, -0.15) is 13.2 Å². The maximum absolute atomic E-state index is 13.4. The first-order chi connectivity index (χ1) is 8.91. The molecule has 19 heavy (non-hydrogen) atoms. The van der Waals surface area contributed by atoms with Crippen LogP contribution >= 0.6 is 0 Å². The number of nitrogens with zero attached hydrogens (tertiary/aromatic N) is 2. The van der Waals surface area contributed by atoms with E-state index in [1.54, 1.807) is 0 Å². The van der Waals surface area contributed by atoms with Crippen LogP contribution in [-0.4, -0.2) is 17.1 Å². The van der Waals surface area contributed by atoms with Crippen molar-refractivity contribution in [1.82, 2.24) is 9.97 Å². The molecule has 1 heterocycles. The van der Waals surface area contributed by atoms with Crippen LogP contribution in [-0.2, 0) is 6.18 Å². The second-order valence-corrected chi connectivity index (χ2v) is 3.64. The minimum absolute atomic E-state index is 0.192. The Balaban J connectivity index is 2.44. The first-order valence-electron chi connectivity index (χ1n) is 5.15. The van der Waals surface area contributed by atoms with Crippen molar-refractivity contribution in [3.8, 4) is 17.1 Å². The third-order valence-corrected chi connectivity index (χ3v) is 2.39. The Kier molecular flexibility index (Phi) is 3.37. The Labute approximate surface area is 105 Å². The van der Waals surface area contributed by atoms with Crippen LogP contribution in [0.5, 0.6) is 5.88 Å². The zero-order chi connectivity index (χ0) is 14.0. The molecule has 0 aliphatic rings. The largest absolute Gasteiger partial charge is 0.480 e. The molecular weight excluding hydrogens is 264 g/mol. The molecule has 0 bridgehead atoms. The third kappa shape index (κ3) is 2.81. The molecular formula is C12H8F4N2O. The lowest BCUT2D eigenvalue weighted by Gasteiger charge is -2.09. The van der Waals surface area contributed by atoms with E-state index in [4.69, 9.17) is 4.74 Å². The molecule has 0 amide bonds. The molecule has 1 aromatic carbocycles. The summed E-state index contributed by atoms with van der Waals surface area (Å²) in [5.74, 6) is -1.16. The highest BCUT2D eigenvalue weighted by molar-refractivity contribution is 5.59. The molecule has 0 radical (unpaired) electrons. The lowest BCUT2D eigenvalue weighted by Crippen LogP contribution is -2.08. The summed E-state index contributed by atoms with van der Waals surface area (Å²) in [5, 5.41) is 0. The average Bonchev–Trinajstić information content (AvgIpc) is 2.37. The van der Waals surface area contributed by atoms with Gasteiger partial charge in [0.2, 0.25) is 5.88 Å². The van der Waals surface area contributed by atoms with Crippen LogP contribution in [0, 0.1) is 5.82 Å². The molecule has 0 aliphatic carbocycles. The number of hydrogen-bond acceptors (Lipinski definition) is 3. The lowest BCUT2D eigenvalue weighted by molar-refractivity contribution is -0.139. The standard InChI is InChI=1S/C12H8F4N2O/c1-19-11-6-17-5-10(18-11)7-2-3-8(9(13)4-7)12(14,15)16/h2-6H,1H3. The van der Waals surface area contributed by atoms with Gasteiger partial charge in [-0.3, -0.25) is 4.98 Å². The average molecular weight is 272 g/mol. The fourth-order valence-electron chi connectivity index (χ4n) is 1.49. The van der Waals surface area contributed by atoms with Gasteiger partial charge in [-0.25, -0.2) is 9.37 Å². The topological polar surface area (TPSA) is 35.0 Å². The summed E-state index contributed by atoms with van der Waals surface area (Å²) < 4.78 is 55.5. The van der Waals surface area contributed by atoms with Gasteiger partial charge in [0.15, 0.2) is 0 Å². The second-order valence-electron chi connectivity index (χ2n) is 3.64. The molecule has 0 saturated heterocycles. The van der Waals surface area contributed by atoms with E-state index in [-0.39, 0.29) is 17.1 Å². The summed E-state index contributed by atoms with van der Waals surface area (Å²) in [4.78, 5) is 7.76. The molecule has 0 unspecified atom stereocenters. The fourth-order valence-corrected chi connectivity index (χ4v) is 1.49. The Morgan fingerprint density at radius 3 is 2.47 bits per heavy atom. The normalized spacial score (nSPS) is 11.4. The molecule has 0 N–H and O–H groups in total. The highest BCUT2D eigenvalue weighted by Crippen LogP contribution is 2.33. The lowest BCUT2D eigenvalue weighted by atomic mass is 10.1. The molecule has 0 saturated carbocycles. The second kappa shape index (κ2) is 4.83. The monoisotopic (exact) mass is 272 g/mol. The van der Waals surface area contributed by atoms with E-state index in [2.05, 4.69) is 9.97 Å². The number of alkyl halides is 3. The van der Waals surface area contributed by atoms with Crippen LogP contribution in [0.15, 0.2) is 30.6 Å². The van der Waals surface area contributed by atoms with E-state index < -0.39 is 17.6 Å². The van der Waals surface area contributed by atoms with Gasteiger partial charge in [0.25, 0.3) is 0 Å². The van der Waals surface area contributed by atoms with Gasteiger partial charge in [-0.15, -0.1) is 0 Å². The Hall–Kier alpha value is -2.18. The molecule has 100 valence electrons. The molecule has 2 aromatic rings. The zero-order valence-electron chi connectivity index (χ0n) is 9.70. The SMILES string of the molecule is COc1cncc(-c2ccc(C(F)(F)F)c(F)c2)n1. The van der Waals surface area contributed by atoms with Crippen LogP contribution in [0.2, 0.25) is 0 Å². The Morgan fingerprint density at radius 2 is 1.89 bits per heavy atom. The quantitative estimate of drug-likeness (QED) is 0.787. The van der Waals surface area contributed by atoms with Crippen molar-refractivity contribution < 1.29 is 22.3 Å². The van der Waals surface area contributed by atoms with Crippen molar-refractivity contribution in [2.75, 3.05) is 7.11 Å². The molecule has 0 spiro atoms. The van der Waals surface area contributed by atoms with Gasteiger partial charge in [0.1, 0.15) is 5.82 Å². The maximum Gasteiger partial charge on any atom is 0.419 e. The molecule has 7 heteroatoms. The first-order valence-corrected chi connectivity index (χ1v) is 5.15. The number of methoxy groups -OCH3 is 1.